The Morgan fingerprint density at radius 2 is 1.88 bits per heavy atom. The number of aromatic nitrogens is 1. The number of nitrogens with zero attached hydrogens (tertiary/aromatic N) is 1. The number of aromatic carboxylic acids is 1. The number of hydrogen-bond donors (Lipinski definition) is 2. The Balaban J connectivity index is 1.41. The zero-order chi connectivity index (χ0) is 17.6. The maximum Gasteiger partial charge on any atom is 0.355 e. The fourth-order valence-corrected chi connectivity index (χ4v) is 4.13. The number of hydrogen-bond acceptors (Lipinski definition) is 4. The van der Waals surface area contributed by atoms with Crippen molar-refractivity contribution in [1.29, 1.82) is 0 Å². The van der Waals surface area contributed by atoms with E-state index in [4.69, 9.17) is 5.11 Å². The number of nitrogens with one attached hydrogen (secondary N) is 1. The van der Waals surface area contributed by atoms with Crippen molar-refractivity contribution in [2.75, 3.05) is 0 Å². The van der Waals surface area contributed by atoms with E-state index in [1.165, 1.54) is 22.3 Å². The largest absolute Gasteiger partial charge is 0.476 e. The molecule has 1 aromatic heterocycles. The van der Waals surface area contributed by atoms with Crippen LogP contribution in [0.4, 0.5) is 0 Å². The van der Waals surface area contributed by atoms with Crippen molar-refractivity contribution in [1.82, 2.24) is 10.3 Å². The highest BCUT2D eigenvalue weighted by atomic mass is 32.1. The molecule has 25 heavy (non-hydrogen) atoms. The van der Waals surface area contributed by atoms with Crippen LogP contribution in [0, 0.1) is 5.92 Å². The number of carboxylic acids is 1. The Morgan fingerprint density at radius 1 is 1.16 bits per heavy atom. The lowest BCUT2D eigenvalue weighted by Crippen LogP contribution is -2.26. The van der Waals surface area contributed by atoms with Gasteiger partial charge in [-0.05, 0) is 43.1 Å². The smallest absolute Gasteiger partial charge is 0.355 e. The van der Waals surface area contributed by atoms with Crippen LogP contribution in [0.5, 0.6) is 0 Å². The van der Waals surface area contributed by atoms with Gasteiger partial charge in [0.05, 0.1) is 6.54 Å². The second-order valence-electron chi connectivity index (χ2n) is 6.54. The van der Waals surface area contributed by atoms with Crippen molar-refractivity contribution in [2.45, 2.75) is 44.6 Å². The summed E-state index contributed by atoms with van der Waals surface area (Å²) in [5.74, 6) is 0.0374. The quantitative estimate of drug-likeness (QED) is 0.823. The molecule has 1 heterocycles. The number of carbonyl (C=O) groups excluding carboxylic acids is 1. The van der Waals surface area contributed by atoms with Crippen LogP contribution < -0.4 is 5.32 Å². The summed E-state index contributed by atoms with van der Waals surface area (Å²) in [6.45, 7) is 0.302. The second kappa shape index (κ2) is 8.25. The number of amides is 1. The minimum atomic E-state index is -1.04. The molecule has 0 saturated heterocycles. The van der Waals surface area contributed by atoms with E-state index in [-0.39, 0.29) is 11.6 Å². The third kappa shape index (κ3) is 4.89. The maximum atomic E-state index is 12.1. The van der Waals surface area contributed by atoms with E-state index in [1.807, 2.05) is 6.07 Å². The number of benzene rings is 1. The molecule has 2 N–H and O–H groups in total. The van der Waals surface area contributed by atoms with Gasteiger partial charge in [0.1, 0.15) is 5.01 Å². The van der Waals surface area contributed by atoms with Crippen LogP contribution in [0.25, 0.3) is 0 Å². The normalized spacial score (nSPS) is 20.2. The van der Waals surface area contributed by atoms with Crippen LogP contribution in [0.15, 0.2) is 35.7 Å². The summed E-state index contributed by atoms with van der Waals surface area (Å²) >= 11 is 1.26. The third-order valence-electron chi connectivity index (χ3n) is 4.80. The second-order valence-corrected chi connectivity index (χ2v) is 7.48. The van der Waals surface area contributed by atoms with Gasteiger partial charge in [0.15, 0.2) is 5.69 Å². The fourth-order valence-electron chi connectivity index (χ4n) is 3.42. The molecule has 1 fully saturated rings. The van der Waals surface area contributed by atoms with Gasteiger partial charge in [0, 0.05) is 11.8 Å². The third-order valence-corrected chi connectivity index (χ3v) is 5.65. The first-order valence-electron chi connectivity index (χ1n) is 8.61. The molecule has 0 spiro atoms. The molecule has 1 aromatic carbocycles. The first-order chi connectivity index (χ1) is 12.1. The zero-order valence-corrected chi connectivity index (χ0v) is 14.8. The average molecular weight is 358 g/mol. The molecule has 1 saturated carbocycles. The molecule has 1 amide bonds. The highest BCUT2D eigenvalue weighted by Crippen LogP contribution is 2.36. The molecular weight excluding hydrogens is 336 g/mol. The van der Waals surface area contributed by atoms with Crippen molar-refractivity contribution in [2.24, 2.45) is 5.92 Å². The van der Waals surface area contributed by atoms with Crippen LogP contribution in [-0.2, 0) is 11.3 Å². The number of rotatable bonds is 6. The van der Waals surface area contributed by atoms with Crippen LogP contribution in [0.2, 0.25) is 0 Å². The van der Waals surface area contributed by atoms with Crippen LogP contribution in [-0.4, -0.2) is 22.0 Å². The molecule has 0 radical (unpaired) electrons. The predicted molar refractivity (Wildman–Crippen MR) is 96.7 cm³/mol. The van der Waals surface area contributed by atoms with Crippen molar-refractivity contribution in [3.63, 3.8) is 0 Å². The van der Waals surface area contributed by atoms with Crippen molar-refractivity contribution >= 4 is 23.2 Å². The van der Waals surface area contributed by atoms with Crippen molar-refractivity contribution < 1.29 is 14.7 Å². The summed E-state index contributed by atoms with van der Waals surface area (Å²) < 4.78 is 0. The molecule has 0 atom stereocenters. The van der Waals surface area contributed by atoms with Gasteiger partial charge < -0.3 is 10.4 Å². The minimum Gasteiger partial charge on any atom is -0.476 e. The highest BCUT2D eigenvalue weighted by Gasteiger charge is 2.24. The van der Waals surface area contributed by atoms with Gasteiger partial charge in [-0.15, -0.1) is 11.3 Å². The SMILES string of the molecule is O=C(CC1CCC(c2ccccc2)CC1)NCc1nc(C(=O)O)cs1. The molecule has 0 aliphatic heterocycles. The lowest BCUT2D eigenvalue weighted by atomic mass is 9.77. The van der Waals surface area contributed by atoms with E-state index in [0.29, 0.717) is 29.8 Å². The van der Waals surface area contributed by atoms with Gasteiger partial charge in [-0.25, -0.2) is 9.78 Å². The van der Waals surface area contributed by atoms with E-state index in [9.17, 15) is 9.59 Å². The molecule has 5 nitrogen and oxygen atoms in total. The summed E-state index contributed by atoms with van der Waals surface area (Å²) in [7, 11) is 0. The Bertz CT molecular complexity index is 721. The first kappa shape index (κ1) is 17.6. The van der Waals surface area contributed by atoms with Gasteiger partial charge in [0.25, 0.3) is 0 Å². The molecular formula is C19H22N2O3S. The summed E-state index contributed by atoms with van der Waals surface area (Å²) in [6, 6.07) is 10.6. The van der Waals surface area contributed by atoms with Crippen molar-refractivity contribution in [3.05, 3.63) is 52.0 Å². The van der Waals surface area contributed by atoms with Crippen LogP contribution >= 0.6 is 11.3 Å². The number of thiazole rings is 1. The van der Waals surface area contributed by atoms with E-state index in [1.54, 1.807) is 0 Å². The maximum absolute atomic E-state index is 12.1. The summed E-state index contributed by atoms with van der Waals surface area (Å²) in [6.07, 6.45) is 4.96. The van der Waals surface area contributed by atoms with Gasteiger partial charge in [-0.2, -0.15) is 0 Å². The predicted octanol–water partition coefficient (Wildman–Crippen LogP) is 3.82. The molecule has 1 aliphatic carbocycles. The lowest BCUT2D eigenvalue weighted by Gasteiger charge is -2.28. The summed E-state index contributed by atoms with van der Waals surface area (Å²) in [5.41, 5.74) is 1.44. The number of carbonyl (C=O) groups is 2. The molecule has 6 heteroatoms. The highest BCUT2D eigenvalue weighted by molar-refractivity contribution is 7.09. The Morgan fingerprint density at radius 3 is 2.52 bits per heavy atom. The monoisotopic (exact) mass is 358 g/mol. The van der Waals surface area contributed by atoms with E-state index >= 15 is 0 Å². The van der Waals surface area contributed by atoms with E-state index in [0.717, 1.165) is 25.7 Å². The Kier molecular flexibility index (Phi) is 5.81. The average Bonchev–Trinajstić information content (AvgIpc) is 3.11. The molecule has 132 valence electrons. The molecule has 2 aromatic rings. The fraction of sp³-hybridized carbons (Fsp3) is 0.421. The molecule has 1 aliphatic rings. The van der Waals surface area contributed by atoms with E-state index in [2.05, 4.69) is 34.6 Å². The van der Waals surface area contributed by atoms with E-state index < -0.39 is 5.97 Å². The molecule has 0 unspecified atom stereocenters. The van der Waals surface area contributed by atoms with Crippen molar-refractivity contribution in [3.8, 4) is 0 Å². The number of carboxylic acid groups (broad SMARTS) is 1. The lowest BCUT2D eigenvalue weighted by molar-refractivity contribution is -0.122. The standard InChI is InChI=1S/C19H22N2O3S/c22-17(20-11-18-21-16(12-25-18)19(23)24)10-13-6-8-15(9-7-13)14-4-2-1-3-5-14/h1-5,12-13,15H,6-11H2,(H,20,22)(H,23,24). The van der Waals surface area contributed by atoms with Gasteiger partial charge in [-0.3, -0.25) is 4.79 Å². The zero-order valence-electron chi connectivity index (χ0n) is 14.0. The first-order valence-corrected chi connectivity index (χ1v) is 9.49. The van der Waals surface area contributed by atoms with Gasteiger partial charge >= 0.3 is 5.97 Å². The molecule has 0 bridgehead atoms. The van der Waals surface area contributed by atoms with Crippen LogP contribution in [0.3, 0.4) is 0 Å². The Hall–Kier alpha value is -2.21. The minimum absolute atomic E-state index is 0.0234. The van der Waals surface area contributed by atoms with Gasteiger partial charge in [-0.1, -0.05) is 30.3 Å². The van der Waals surface area contributed by atoms with Gasteiger partial charge in [0.2, 0.25) is 5.91 Å². The Labute approximate surface area is 151 Å². The molecule has 3 rings (SSSR count). The summed E-state index contributed by atoms with van der Waals surface area (Å²) in [4.78, 5) is 26.9. The summed E-state index contributed by atoms with van der Waals surface area (Å²) in [5, 5.41) is 13.8. The topological polar surface area (TPSA) is 79.3 Å². The van der Waals surface area contributed by atoms with Crippen LogP contribution in [0.1, 0.15) is 59.1 Å².